The molecule has 2 saturated heterocycles. The Bertz CT molecular complexity index is 791. The van der Waals surface area contributed by atoms with E-state index in [0.717, 1.165) is 29.9 Å². The number of hydrogen-bond acceptors (Lipinski definition) is 5. The lowest BCUT2D eigenvalue weighted by Gasteiger charge is -2.37. The smallest absolute Gasteiger partial charge is 0.224 e. The van der Waals surface area contributed by atoms with Crippen LogP contribution in [0.5, 0.6) is 0 Å². The molecule has 2 aliphatic heterocycles. The van der Waals surface area contributed by atoms with Crippen molar-refractivity contribution in [2.75, 3.05) is 13.7 Å². The molecule has 0 spiro atoms. The Morgan fingerprint density at radius 2 is 2.19 bits per heavy atom. The van der Waals surface area contributed by atoms with Crippen LogP contribution < -0.4 is 5.32 Å². The Labute approximate surface area is 158 Å². The highest BCUT2D eigenvalue weighted by Crippen LogP contribution is 2.42. The van der Waals surface area contributed by atoms with E-state index in [-0.39, 0.29) is 11.9 Å². The van der Waals surface area contributed by atoms with Gasteiger partial charge in [0.1, 0.15) is 5.01 Å². The third-order valence-electron chi connectivity index (χ3n) is 5.51. The van der Waals surface area contributed by atoms with Crippen molar-refractivity contribution in [2.45, 2.75) is 45.0 Å². The van der Waals surface area contributed by atoms with Gasteiger partial charge in [-0.05, 0) is 30.4 Å². The second kappa shape index (κ2) is 7.47. The van der Waals surface area contributed by atoms with Crippen LogP contribution in [0, 0.1) is 12.8 Å². The Morgan fingerprint density at radius 1 is 1.38 bits per heavy atom. The average Bonchev–Trinajstić information content (AvgIpc) is 3.30. The number of fused-ring (bicyclic) bond motifs is 1. The van der Waals surface area contributed by atoms with Crippen molar-refractivity contribution in [3.05, 3.63) is 51.5 Å². The molecule has 1 aromatic heterocycles. The first-order valence-corrected chi connectivity index (χ1v) is 10.0. The predicted molar refractivity (Wildman–Crippen MR) is 102 cm³/mol. The number of aryl methyl sites for hydroxylation is 1. The highest BCUT2D eigenvalue weighted by Gasteiger charge is 2.52. The lowest BCUT2D eigenvalue weighted by Crippen LogP contribution is -2.54. The van der Waals surface area contributed by atoms with Gasteiger partial charge in [0, 0.05) is 36.8 Å². The third kappa shape index (κ3) is 3.54. The largest absolute Gasteiger partial charge is 0.380 e. The monoisotopic (exact) mass is 371 g/mol. The van der Waals surface area contributed by atoms with E-state index in [1.54, 1.807) is 18.4 Å². The van der Waals surface area contributed by atoms with Gasteiger partial charge in [0.2, 0.25) is 5.91 Å². The van der Waals surface area contributed by atoms with Crippen LogP contribution in [0.3, 0.4) is 0 Å². The van der Waals surface area contributed by atoms with Gasteiger partial charge in [0.25, 0.3) is 0 Å². The molecule has 5 nitrogen and oxygen atoms in total. The van der Waals surface area contributed by atoms with Gasteiger partial charge in [-0.3, -0.25) is 9.69 Å². The Kier molecular flexibility index (Phi) is 5.07. The Balaban J connectivity index is 1.33. The second-order valence-electron chi connectivity index (χ2n) is 7.35. The zero-order valence-corrected chi connectivity index (χ0v) is 16.1. The zero-order valence-electron chi connectivity index (χ0n) is 15.3. The Morgan fingerprint density at radius 3 is 2.92 bits per heavy atom. The lowest BCUT2D eigenvalue weighted by molar-refractivity contribution is -0.122. The van der Waals surface area contributed by atoms with Gasteiger partial charge in [0.05, 0.1) is 19.6 Å². The molecule has 1 aliphatic carbocycles. The summed E-state index contributed by atoms with van der Waals surface area (Å²) in [5.41, 5.74) is 3.23. The summed E-state index contributed by atoms with van der Waals surface area (Å²) in [6.45, 7) is 4.55. The van der Waals surface area contributed by atoms with Crippen molar-refractivity contribution in [1.29, 1.82) is 0 Å². The number of nitrogens with one attached hydrogen (secondary N) is 1. The minimum absolute atomic E-state index is 0.111. The summed E-state index contributed by atoms with van der Waals surface area (Å²) in [7, 11) is 1.68. The summed E-state index contributed by atoms with van der Waals surface area (Å²) in [6.07, 6.45) is 1.61. The number of rotatable bonds is 7. The first-order chi connectivity index (χ1) is 12.6. The van der Waals surface area contributed by atoms with E-state index in [1.807, 2.05) is 31.2 Å². The van der Waals surface area contributed by atoms with Gasteiger partial charge < -0.3 is 10.1 Å². The van der Waals surface area contributed by atoms with Crippen molar-refractivity contribution >= 4 is 17.2 Å². The summed E-state index contributed by atoms with van der Waals surface area (Å²) in [5, 5.41) is 6.56. The lowest BCUT2D eigenvalue weighted by atomic mass is 9.80. The summed E-state index contributed by atoms with van der Waals surface area (Å²) in [6, 6.07) is 8.75. The number of nitrogens with zero attached hydrogens (tertiary/aromatic N) is 2. The van der Waals surface area contributed by atoms with E-state index >= 15 is 0 Å². The predicted octanol–water partition coefficient (Wildman–Crippen LogP) is 2.53. The van der Waals surface area contributed by atoms with Gasteiger partial charge >= 0.3 is 0 Å². The number of amides is 1. The fourth-order valence-corrected chi connectivity index (χ4v) is 5.00. The molecule has 5 rings (SSSR count). The first-order valence-electron chi connectivity index (χ1n) is 9.14. The number of thiazole rings is 1. The molecule has 3 heterocycles. The summed E-state index contributed by atoms with van der Waals surface area (Å²) >= 11 is 1.73. The van der Waals surface area contributed by atoms with Crippen LogP contribution in [0.2, 0.25) is 0 Å². The molecular formula is C20H25N3O2S. The number of methoxy groups -OCH3 is 1. The van der Waals surface area contributed by atoms with Gasteiger partial charge in [-0.1, -0.05) is 24.3 Å². The van der Waals surface area contributed by atoms with Crippen LogP contribution in [0.25, 0.3) is 0 Å². The number of ether oxygens (including phenoxy) is 1. The maximum absolute atomic E-state index is 12.6. The first kappa shape index (κ1) is 17.6. The van der Waals surface area contributed by atoms with E-state index in [4.69, 9.17) is 4.74 Å². The van der Waals surface area contributed by atoms with Crippen molar-refractivity contribution < 1.29 is 9.53 Å². The van der Waals surface area contributed by atoms with E-state index in [9.17, 15) is 4.79 Å². The number of benzene rings is 1. The number of carbonyl (C=O) groups is 1. The van der Waals surface area contributed by atoms with Crippen molar-refractivity contribution in [2.24, 2.45) is 5.92 Å². The molecule has 26 heavy (non-hydrogen) atoms. The van der Waals surface area contributed by atoms with Gasteiger partial charge in [-0.25, -0.2) is 4.98 Å². The maximum Gasteiger partial charge on any atom is 0.224 e. The molecule has 6 heteroatoms. The van der Waals surface area contributed by atoms with Crippen LogP contribution in [-0.2, 0) is 29.1 Å². The van der Waals surface area contributed by atoms with Gasteiger partial charge in [-0.15, -0.1) is 11.3 Å². The highest BCUT2D eigenvalue weighted by molar-refractivity contribution is 7.09. The molecule has 3 fully saturated rings. The van der Waals surface area contributed by atoms with Crippen molar-refractivity contribution in [1.82, 2.24) is 15.2 Å². The fourth-order valence-electron chi connectivity index (χ4n) is 4.20. The van der Waals surface area contributed by atoms with Crippen LogP contribution in [0.15, 0.2) is 29.6 Å². The second-order valence-corrected chi connectivity index (χ2v) is 8.29. The molecule has 1 aromatic carbocycles. The Hall–Kier alpha value is -1.76. The molecule has 0 radical (unpaired) electrons. The van der Waals surface area contributed by atoms with Crippen LogP contribution >= 0.6 is 11.3 Å². The molecule has 3 unspecified atom stereocenters. The summed E-state index contributed by atoms with van der Waals surface area (Å²) < 4.78 is 5.24. The molecule has 1 saturated carbocycles. The van der Waals surface area contributed by atoms with E-state index < -0.39 is 0 Å². The minimum Gasteiger partial charge on any atom is -0.380 e. The topological polar surface area (TPSA) is 54.5 Å². The van der Waals surface area contributed by atoms with Crippen molar-refractivity contribution in [3.8, 4) is 0 Å². The molecule has 1 amide bonds. The SMILES string of the molecule is COCc1ccccc1CC(=O)NC1C2CC1N(Cc1nc(C)cs1)C2. The summed E-state index contributed by atoms with van der Waals surface area (Å²) in [5.74, 6) is 0.694. The van der Waals surface area contributed by atoms with Crippen LogP contribution in [-0.4, -0.2) is 41.5 Å². The van der Waals surface area contributed by atoms with Crippen molar-refractivity contribution in [3.63, 3.8) is 0 Å². The molecular weight excluding hydrogens is 346 g/mol. The zero-order chi connectivity index (χ0) is 18.1. The fraction of sp³-hybridized carbons (Fsp3) is 0.500. The van der Waals surface area contributed by atoms with E-state index in [2.05, 4.69) is 20.6 Å². The van der Waals surface area contributed by atoms with Gasteiger partial charge in [-0.2, -0.15) is 0 Å². The van der Waals surface area contributed by atoms with E-state index in [1.165, 1.54) is 11.4 Å². The minimum atomic E-state index is 0.111. The summed E-state index contributed by atoms with van der Waals surface area (Å²) in [4.78, 5) is 19.6. The molecule has 2 aromatic rings. The number of aromatic nitrogens is 1. The maximum atomic E-state index is 12.6. The average molecular weight is 372 g/mol. The molecule has 3 atom stereocenters. The third-order valence-corrected chi connectivity index (χ3v) is 6.46. The van der Waals surface area contributed by atoms with Crippen LogP contribution in [0.4, 0.5) is 0 Å². The van der Waals surface area contributed by atoms with Crippen LogP contribution in [0.1, 0.15) is 28.2 Å². The molecule has 2 bridgehead atoms. The normalized spacial score (nSPS) is 24.5. The standard InChI is InChI=1S/C20H25N3O2S/c1-13-12-26-19(21-13)10-23-9-16-7-17(23)20(16)22-18(24)8-14-5-3-4-6-15(14)11-25-2/h3-6,12,16-17,20H,7-11H2,1-2H3,(H,22,24). The number of carbonyl (C=O) groups excluding carboxylic acids is 1. The molecule has 138 valence electrons. The van der Waals surface area contributed by atoms with Gasteiger partial charge in [0.15, 0.2) is 0 Å². The highest BCUT2D eigenvalue weighted by atomic mass is 32.1. The van der Waals surface area contributed by atoms with E-state index in [0.29, 0.717) is 25.0 Å². The molecule has 1 N–H and O–H groups in total. The molecule has 3 aliphatic rings. The quantitative estimate of drug-likeness (QED) is 0.813. The number of hydrogen-bond donors (Lipinski definition) is 1.